The van der Waals surface area contributed by atoms with Crippen LogP contribution >= 0.6 is 0 Å². The van der Waals surface area contributed by atoms with E-state index < -0.39 is 27.7 Å². The third-order valence-electron chi connectivity index (χ3n) is 3.44. The van der Waals surface area contributed by atoms with Gasteiger partial charge in [-0.3, -0.25) is 9.59 Å². The van der Waals surface area contributed by atoms with Crippen LogP contribution in [0.2, 0.25) is 0 Å². The number of hydrogen-bond donors (Lipinski definition) is 1. The zero-order valence-corrected chi connectivity index (χ0v) is 13.8. The normalized spacial score (nSPS) is 13.1. The van der Waals surface area contributed by atoms with Crippen molar-refractivity contribution in [1.29, 1.82) is 0 Å². The molecule has 0 aliphatic heterocycles. The van der Waals surface area contributed by atoms with Gasteiger partial charge in [-0.25, -0.2) is 8.42 Å². The van der Waals surface area contributed by atoms with Crippen LogP contribution in [0.1, 0.15) is 46.0 Å². The molecule has 0 saturated carbocycles. The monoisotopic (exact) mass is 322 g/mol. The molecular weight excluding hydrogens is 296 g/mol. The second-order valence-corrected chi connectivity index (χ2v) is 7.51. The maximum Gasteiger partial charge on any atom is 0.320 e. The third kappa shape index (κ3) is 8.70. The number of ether oxygens (including phenoxy) is 1. The Hall–Kier alpha value is -1.11. The van der Waals surface area contributed by atoms with E-state index in [2.05, 4.69) is 0 Å². The van der Waals surface area contributed by atoms with Gasteiger partial charge in [0.1, 0.15) is 9.84 Å². The summed E-state index contributed by atoms with van der Waals surface area (Å²) in [5, 5.41) is 9.14. The number of unbranched alkanes of at least 4 members (excludes halogenated alkanes) is 2. The molecule has 0 saturated heterocycles. The highest BCUT2D eigenvalue weighted by Gasteiger charge is 2.34. The van der Waals surface area contributed by atoms with Crippen molar-refractivity contribution in [2.24, 2.45) is 11.8 Å². The van der Waals surface area contributed by atoms with Gasteiger partial charge in [-0.2, -0.15) is 0 Å². The van der Waals surface area contributed by atoms with Crippen molar-refractivity contribution in [1.82, 2.24) is 0 Å². The van der Waals surface area contributed by atoms with Gasteiger partial charge < -0.3 is 9.84 Å². The van der Waals surface area contributed by atoms with Gasteiger partial charge in [0.15, 0.2) is 5.92 Å². The number of sulfone groups is 1. The van der Waals surface area contributed by atoms with Crippen molar-refractivity contribution < 1.29 is 27.9 Å². The van der Waals surface area contributed by atoms with E-state index in [0.717, 1.165) is 0 Å². The average molecular weight is 322 g/mol. The molecule has 124 valence electrons. The van der Waals surface area contributed by atoms with E-state index in [1.807, 2.05) is 13.8 Å². The number of carbonyl (C=O) groups is 2. The summed E-state index contributed by atoms with van der Waals surface area (Å²) >= 11 is 0. The van der Waals surface area contributed by atoms with Gasteiger partial charge in [-0.1, -0.05) is 26.7 Å². The van der Waals surface area contributed by atoms with Crippen LogP contribution in [0.3, 0.4) is 0 Å². The Morgan fingerprint density at radius 2 is 1.67 bits per heavy atom. The first-order valence-electron chi connectivity index (χ1n) is 7.30. The van der Waals surface area contributed by atoms with E-state index in [4.69, 9.17) is 9.84 Å². The molecule has 0 aromatic carbocycles. The predicted octanol–water partition coefficient (Wildman–Crippen LogP) is 1.88. The Bertz CT molecular complexity index is 425. The van der Waals surface area contributed by atoms with Gasteiger partial charge in [-0.15, -0.1) is 0 Å². The largest absolute Gasteiger partial charge is 0.481 e. The summed E-state index contributed by atoms with van der Waals surface area (Å²) in [4.78, 5) is 23.0. The lowest BCUT2D eigenvalue weighted by Crippen LogP contribution is -2.32. The van der Waals surface area contributed by atoms with Crippen molar-refractivity contribution >= 4 is 21.8 Å². The minimum atomic E-state index is -2.96. The summed E-state index contributed by atoms with van der Waals surface area (Å²) in [5.41, 5.74) is 0. The summed E-state index contributed by atoms with van der Waals surface area (Å²) in [7, 11) is -2.96. The number of carboxylic acids is 1. The number of hydrogen-bond acceptors (Lipinski definition) is 5. The molecule has 6 nitrogen and oxygen atoms in total. The second-order valence-electron chi connectivity index (χ2n) is 5.25. The van der Waals surface area contributed by atoms with Gasteiger partial charge in [0.2, 0.25) is 0 Å². The minimum absolute atomic E-state index is 0.118. The lowest BCUT2D eigenvalue weighted by molar-refractivity contribution is -0.161. The quantitative estimate of drug-likeness (QED) is 0.354. The Kier molecular flexibility index (Phi) is 9.24. The molecule has 7 heteroatoms. The second kappa shape index (κ2) is 9.76. The molecule has 21 heavy (non-hydrogen) atoms. The molecule has 0 spiro atoms. The number of carboxylic acid groups (broad SMARTS) is 1. The molecule has 0 bridgehead atoms. The Labute approximate surface area is 126 Å². The summed E-state index contributed by atoms with van der Waals surface area (Å²) in [6.45, 7) is 3.83. The van der Waals surface area contributed by atoms with E-state index in [0.29, 0.717) is 32.1 Å². The molecule has 0 aromatic rings. The smallest absolute Gasteiger partial charge is 0.320 e. The fraction of sp³-hybridized carbons (Fsp3) is 0.857. The van der Waals surface area contributed by atoms with Gasteiger partial charge in [0, 0.05) is 12.0 Å². The van der Waals surface area contributed by atoms with E-state index in [1.165, 1.54) is 6.26 Å². The SMILES string of the molecule is CCC(CC)C(C(=O)O)C(=O)OCCCCCS(C)(=O)=O. The molecule has 1 unspecified atom stereocenters. The van der Waals surface area contributed by atoms with Crippen molar-refractivity contribution in [3.63, 3.8) is 0 Å². The minimum Gasteiger partial charge on any atom is -0.481 e. The van der Waals surface area contributed by atoms with Crippen molar-refractivity contribution in [2.45, 2.75) is 46.0 Å². The van der Waals surface area contributed by atoms with E-state index in [9.17, 15) is 18.0 Å². The standard InChI is InChI=1S/C14H26O6S/c1-4-11(5-2)12(13(15)16)14(17)20-9-7-6-8-10-21(3,18)19/h11-12H,4-10H2,1-3H3,(H,15,16). The number of rotatable bonds is 11. The zero-order chi connectivity index (χ0) is 16.5. The van der Waals surface area contributed by atoms with Crippen LogP contribution in [0.4, 0.5) is 0 Å². The fourth-order valence-electron chi connectivity index (χ4n) is 2.16. The molecule has 1 N–H and O–H groups in total. The summed E-state index contributed by atoms with van der Waals surface area (Å²) < 4.78 is 26.9. The molecule has 0 heterocycles. The Morgan fingerprint density at radius 3 is 2.10 bits per heavy atom. The van der Waals surface area contributed by atoms with Crippen LogP contribution in [-0.2, 0) is 24.2 Å². The highest BCUT2D eigenvalue weighted by atomic mass is 32.2. The maximum absolute atomic E-state index is 11.8. The van der Waals surface area contributed by atoms with Gasteiger partial charge in [0.25, 0.3) is 0 Å². The summed E-state index contributed by atoms with van der Waals surface area (Å²) in [6, 6.07) is 0. The molecule has 0 amide bonds. The highest BCUT2D eigenvalue weighted by Crippen LogP contribution is 2.21. The van der Waals surface area contributed by atoms with Crippen molar-refractivity contribution in [3.8, 4) is 0 Å². The van der Waals surface area contributed by atoms with Crippen LogP contribution in [0, 0.1) is 11.8 Å². The maximum atomic E-state index is 11.8. The molecule has 0 aromatic heterocycles. The summed E-state index contributed by atoms with van der Waals surface area (Å²) in [5.74, 6) is -3.06. The van der Waals surface area contributed by atoms with Crippen LogP contribution in [0.25, 0.3) is 0 Å². The molecule has 0 aliphatic carbocycles. The third-order valence-corrected chi connectivity index (χ3v) is 4.47. The van der Waals surface area contributed by atoms with E-state index in [-0.39, 0.29) is 18.3 Å². The van der Waals surface area contributed by atoms with Crippen molar-refractivity contribution in [2.75, 3.05) is 18.6 Å². The summed E-state index contributed by atoms with van der Waals surface area (Å²) in [6.07, 6.45) is 4.08. The number of esters is 1. The molecular formula is C14H26O6S. The molecule has 0 aliphatic rings. The molecule has 0 radical (unpaired) electrons. The topological polar surface area (TPSA) is 97.7 Å². The molecule has 1 atom stereocenters. The Morgan fingerprint density at radius 1 is 1.10 bits per heavy atom. The van der Waals surface area contributed by atoms with Crippen LogP contribution in [-0.4, -0.2) is 44.1 Å². The number of carbonyl (C=O) groups excluding carboxylic acids is 1. The Balaban J connectivity index is 4.13. The predicted molar refractivity (Wildman–Crippen MR) is 79.7 cm³/mol. The zero-order valence-electron chi connectivity index (χ0n) is 13.0. The highest BCUT2D eigenvalue weighted by molar-refractivity contribution is 7.90. The lowest BCUT2D eigenvalue weighted by Gasteiger charge is -2.19. The van der Waals surface area contributed by atoms with Crippen LogP contribution in [0.15, 0.2) is 0 Å². The average Bonchev–Trinajstić information content (AvgIpc) is 2.37. The molecule has 0 fully saturated rings. The first kappa shape index (κ1) is 19.9. The van der Waals surface area contributed by atoms with Gasteiger partial charge in [-0.05, 0) is 25.2 Å². The van der Waals surface area contributed by atoms with Gasteiger partial charge >= 0.3 is 11.9 Å². The first-order chi connectivity index (χ1) is 9.72. The first-order valence-corrected chi connectivity index (χ1v) is 9.36. The number of aliphatic carboxylic acids is 1. The van der Waals surface area contributed by atoms with Gasteiger partial charge in [0.05, 0.1) is 6.61 Å². The van der Waals surface area contributed by atoms with Crippen LogP contribution < -0.4 is 0 Å². The van der Waals surface area contributed by atoms with E-state index in [1.54, 1.807) is 0 Å². The van der Waals surface area contributed by atoms with E-state index >= 15 is 0 Å². The molecule has 0 rings (SSSR count). The van der Waals surface area contributed by atoms with Crippen molar-refractivity contribution in [3.05, 3.63) is 0 Å². The lowest BCUT2D eigenvalue weighted by atomic mass is 9.88. The van der Waals surface area contributed by atoms with Crippen LogP contribution in [0.5, 0.6) is 0 Å². The fourth-order valence-corrected chi connectivity index (χ4v) is 2.89.